The second-order valence-electron chi connectivity index (χ2n) is 9.17. The van der Waals surface area contributed by atoms with Crippen LogP contribution in [0.1, 0.15) is 63.4 Å². The molecule has 1 saturated carbocycles. The van der Waals surface area contributed by atoms with E-state index in [1.807, 2.05) is 18.3 Å². The minimum Gasteiger partial charge on any atom is -0.300 e. The van der Waals surface area contributed by atoms with Crippen LogP contribution in [0.4, 0.5) is 0 Å². The van der Waals surface area contributed by atoms with Crippen LogP contribution in [0.2, 0.25) is 0 Å². The number of fused-ring (bicyclic) bond motifs is 7. The molecule has 27 heavy (non-hydrogen) atoms. The number of nitrogens with one attached hydrogen (secondary N) is 1. The van der Waals surface area contributed by atoms with Crippen LogP contribution in [0.15, 0.2) is 53.8 Å². The molecule has 0 amide bonds. The van der Waals surface area contributed by atoms with E-state index in [1.54, 1.807) is 5.57 Å². The van der Waals surface area contributed by atoms with Crippen molar-refractivity contribution >= 4 is 5.71 Å². The highest BCUT2D eigenvalue weighted by Gasteiger charge is 2.51. The minimum absolute atomic E-state index is 0.0688. The zero-order chi connectivity index (χ0) is 19.1. The number of benzene rings is 1. The van der Waals surface area contributed by atoms with Gasteiger partial charge >= 0.3 is 0 Å². The number of nitrogens with zero attached hydrogens (tertiary/aromatic N) is 1. The van der Waals surface area contributed by atoms with E-state index in [0.29, 0.717) is 11.6 Å². The Morgan fingerprint density at radius 2 is 1.89 bits per heavy atom. The first-order valence-electron chi connectivity index (χ1n) is 9.88. The SMILES string of the molecule is C/C1=C2\CC2(C)c2ccc3c(c2C(=N)/C=C\C1C)C(C)(C)c1ncccc1-3. The fraction of sp³-hybridized carbons (Fsp3) is 0.360. The van der Waals surface area contributed by atoms with Gasteiger partial charge in [-0.15, -0.1) is 0 Å². The molecule has 2 unspecified atom stereocenters. The molecule has 2 aromatic rings. The monoisotopic (exact) mass is 354 g/mol. The number of aromatic nitrogens is 1. The van der Waals surface area contributed by atoms with Gasteiger partial charge in [-0.05, 0) is 48.1 Å². The molecule has 1 aromatic carbocycles. The Morgan fingerprint density at radius 1 is 1.11 bits per heavy atom. The minimum atomic E-state index is -0.193. The summed E-state index contributed by atoms with van der Waals surface area (Å²) in [4.78, 5) is 4.73. The van der Waals surface area contributed by atoms with Gasteiger partial charge in [-0.2, -0.15) is 0 Å². The summed E-state index contributed by atoms with van der Waals surface area (Å²) in [6.07, 6.45) is 7.22. The molecule has 1 aromatic heterocycles. The summed E-state index contributed by atoms with van der Waals surface area (Å²) >= 11 is 0. The van der Waals surface area contributed by atoms with Crippen molar-refractivity contribution in [1.29, 1.82) is 5.41 Å². The molecule has 3 aliphatic carbocycles. The second-order valence-corrected chi connectivity index (χ2v) is 9.17. The summed E-state index contributed by atoms with van der Waals surface area (Å²) in [6, 6.07) is 8.75. The maximum absolute atomic E-state index is 8.98. The van der Waals surface area contributed by atoms with Crippen LogP contribution in [-0.4, -0.2) is 10.7 Å². The third-order valence-corrected chi connectivity index (χ3v) is 7.17. The van der Waals surface area contributed by atoms with Crippen molar-refractivity contribution in [3.8, 4) is 11.1 Å². The van der Waals surface area contributed by atoms with Gasteiger partial charge in [0.2, 0.25) is 0 Å². The van der Waals surface area contributed by atoms with Crippen LogP contribution in [0.25, 0.3) is 11.1 Å². The van der Waals surface area contributed by atoms with Crippen molar-refractivity contribution in [2.24, 2.45) is 5.92 Å². The number of rotatable bonds is 0. The number of hydrogen-bond acceptors (Lipinski definition) is 2. The fourth-order valence-electron chi connectivity index (χ4n) is 5.34. The quantitative estimate of drug-likeness (QED) is 0.584. The van der Waals surface area contributed by atoms with E-state index in [-0.39, 0.29) is 10.8 Å². The van der Waals surface area contributed by atoms with Crippen molar-refractivity contribution in [2.75, 3.05) is 0 Å². The van der Waals surface area contributed by atoms with Gasteiger partial charge in [-0.25, -0.2) is 0 Å². The molecule has 3 aliphatic rings. The maximum Gasteiger partial charge on any atom is 0.0615 e. The Kier molecular flexibility index (Phi) is 3.13. The van der Waals surface area contributed by atoms with Crippen molar-refractivity contribution in [3.05, 3.63) is 76.1 Å². The van der Waals surface area contributed by atoms with E-state index in [0.717, 1.165) is 17.7 Å². The maximum atomic E-state index is 8.98. The largest absolute Gasteiger partial charge is 0.300 e. The molecular weight excluding hydrogens is 328 g/mol. The summed E-state index contributed by atoms with van der Waals surface area (Å²) in [7, 11) is 0. The summed E-state index contributed by atoms with van der Waals surface area (Å²) in [5, 5.41) is 8.98. The molecule has 0 aliphatic heterocycles. The van der Waals surface area contributed by atoms with E-state index in [9.17, 15) is 0 Å². The number of pyridine rings is 1. The smallest absolute Gasteiger partial charge is 0.0615 e. The molecular formula is C25H26N2. The molecule has 2 nitrogen and oxygen atoms in total. The Morgan fingerprint density at radius 3 is 2.67 bits per heavy atom. The average Bonchev–Trinajstić information content (AvgIpc) is 3.29. The second kappa shape index (κ2) is 5.07. The van der Waals surface area contributed by atoms with Gasteiger partial charge in [-0.1, -0.05) is 63.1 Å². The van der Waals surface area contributed by atoms with Crippen LogP contribution in [0, 0.1) is 11.3 Å². The first-order chi connectivity index (χ1) is 12.8. The first-order valence-corrected chi connectivity index (χ1v) is 9.88. The Bertz CT molecular complexity index is 1080. The van der Waals surface area contributed by atoms with Gasteiger partial charge in [0.05, 0.1) is 11.4 Å². The first kappa shape index (κ1) is 16.7. The van der Waals surface area contributed by atoms with Crippen LogP contribution in [0.3, 0.4) is 0 Å². The standard InChI is InChI=1S/C25H26N2/c1-14-8-11-20(26)21-18(25(5)13-19(25)15(14)2)10-9-16-17-7-6-12-27-23(17)24(3,4)22(16)21/h6-12,14,26H,13H2,1-5H3/b11-8-,19-15-,26-20?. The molecule has 2 atom stereocenters. The van der Waals surface area contributed by atoms with Gasteiger partial charge in [0, 0.05) is 28.2 Å². The van der Waals surface area contributed by atoms with Crippen molar-refractivity contribution in [1.82, 2.24) is 4.98 Å². The van der Waals surface area contributed by atoms with Crippen LogP contribution < -0.4 is 0 Å². The lowest BCUT2D eigenvalue weighted by molar-refractivity contribution is 0.633. The van der Waals surface area contributed by atoms with Crippen LogP contribution >= 0.6 is 0 Å². The fourth-order valence-corrected chi connectivity index (χ4v) is 5.34. The lowest BCUT2D eigenvalue weighted by Gasteiger charge is -2.26. The molecule has 1 fully saturated rings. The molecule has 0 radical (unpaired) electrons. The lowest BCUT2D eigenvalue weighted by Crippen LogP contribution is -2.22. The van der Waals surface area contributed by atoms with E-state index < -0.39 is 0 Å². The summed E-state index contributed by atoms with van der Waals surface area (Å²) in [6.45, 7) is 11.4. The highest BCUT2D eigenvalue weighted by Crippen LogP contribution is 2.60. The molecule has 1 heterocycles. The third kappa shape index (κ3) is 2.02. The highest BCUT2D eigenvalue weighted by atomic mass is 14.7. The summed E-state index contributed by atoms with van der Waals surface area (Å²) in [5.74, 6) is 0.386. The molecule has 2 heteroatoms. The van der Waals surface area contributed by atoms with Crippen LogP contribution in [0.5, 0.6) is 0 Å². The Hall–Kier alpha value is -2.48. The van der Waals surface area contributed by atoms with Gasteiger partial charge in [-0.3, -0.25) is 4.98 Å². The molecule has 0 saturated heterocycles. The van der Waals surface area contributed by atoms with E-state index in [1.165, 1.54) is 27.8 Å². The summed E-state index contributed by atoms with van der Waals surface area (Å²) in [5.41, 5.74) is 10.9. The lowest BCUT2D eigenvalue weighted by atomic mass is 9.77. The molecule has 5 rings (SSSR count). The van der Waals surface area contributed by atoms with Gasteiger partial charge in [0.25, 0.3) is 0 Å². The predicted octanol–water partition coefficient (Wildman–Crippen LogP) is 5.94. The third-order valence-electron chi connectivity index (χ3n) is 7.17. The predicted molar refractivity (Wildman–Crippen MR) is 112 cm³/mol. The zero-order valence-electron chi connectivity index (χ0n) is 16.8. The van der Waals surface area contributed by atoms with Gasteiger partial charge in [0.15, 0.2) is 0 Å². The van der Waals surface area contributed by atoms with Crippen LogP contribution in [-0.2, 0) is 10.8 Å². The topological polar surface area (TPSA) is 36.7 Å². The number of hydrogen-bond donors (Lipinski definition) is 1. The summed E-state index contributed by atoms with van der Waals surface area (Å²) < 4.78 is 0. The van der Waals surface area contributed by atoms with Gasteiger partial charge in [0.1, 0.15) is 0 Å². The molecule has 0 bridgehead atoms. The molecule has 1 N–H and O–H groups in total. The zero-order valence-corrected chi connectivity index (χ0v) is 16.8. The Balaban J connectivity index is 1.87. The number of allylic oxidation sites excluding steroid dienone is 4. The van der Waals surface area contributed by atoms with Gasteiger partial charge < -0.3 is 5.41 Å². The van der Waals surface area contributed by atoms with Crippen molar-refractivity contribution in [3.63, 3.8) is 0 Å². The highest BCUT2D eigenvalue weighted by molar-refractivity contribution is 6.11. The molecule has 136 valence electrons. The van der Waals surface area contributed by atoms with Crippen molar-refractivity contribution < 1.29 is 0 Å². The van der Waals surface area contributed by atoms with Crippen molar-refractivity contribution in [2.45, 2.75) is 51.9 Å². The van der Waals surface area contributed by atoms with E-state index in [2.05, 4.69) is 58.9 Å². The average molecular weight is 354 g/mol. The molecule has 0 spiro atoms. The normalized spacial score (nSPS) is 31.0. The Labute approximate surface area is 161 Å². The van der Waals surface area contributed by atoms with E-state index >= 15 is 0 Å². The van der Waals surface area contributed by atoms with E-state index in [4.69, 9.17) is 10.4 Å².